The van der Waals surface area contributed by atoms with Crippen molar-refractivity contribution in [3.63, 3.8) is 0 Å². The van der Waals surface area contributed by atoms with Crippen LogP contribution in [-0.2, 0) is 11.3 Å². The Hall–Kier alpha value is -1.40. The molecule has 112 valence electrons. The number of hydrogen-bond donors (Lipinski definition) is 1. The zero-order valence-electron chi connectivity index (χ0n) is 12.7. The second-order valence-corrected chi connectivity index (χ2v) is 4.84. The molecule has 20 heavy (non-hydrogen) atoms. The van der Waals surface area contributed by atoms with Crippen LogP contribution in [0, 0.1) is 0 Å². The molecule has 1 fully saturated rings. The van der Waals surface area contributed by atoms with Gasteiger partial charge >= 0.3 is 0 Å². The largest absolute Gasteiger partial charge is 0.374 e. The van der Waals surface area contributed by atoms with Crippen molar-refractivity contribution in [2.24, 2.45) is 0 Å². The summed E-state index contributed by atoms with van der Waals surface area (Å²) >= 11 is 0. The fourth-order valence-corrected chi connectivity index (χ4v) is 2.32. The molecule has 0 unspecified atom stereocenters. The highest BCUT2D eigenvalue weighted by Crippen LogP contribution is 2.18. The first-order valence-corrected chi connectivity index (χ1v) is 7.37. The Morgan fingerprint density at radius 1 is 1.20 bits per heavy atom. The van der Waals surface area contributed by atoms with E-state index in [2.05, 4.69) is 32.0 Å². The average Bonchev–Trinajstić information content (AvgIpc) is 2.52. The van der Waals surface area contributed by atoms with Crippen molar-refractivity contribution in [1.82, 2.24) is 14.9 Å². The van der Waals surface area contributed by atoms with Crippen LogP contribution in [0.4, 0.5) is 11.6 Å². The molecule has 1 aliphatic heterocycles. The fourth-order valence-electron chi connectivity index (χ4n) is 2.32. The predicted molar refractivity (Wildman–Crippen MR) is 81.2 cm³/mol. The molecule has 2 heterocycles. The van der Waals surface area contributed by atoms with Gasteiger partial charge in [-0.2, -0.15) is 0 Å². The summed E-state index contributed by atoms with van der Waals surface area (Å²) in [6, 6.07) is 2.01. The molecule has 1 aromatic rings. The topological polar surface area (TPSA) is 53.5 Å². The first kappa shape index (κ1) is 15.0. The maximum Gasteiger partial charge on any atom is 0.158 e. The molecule has 1 aromatic heterocycles. The third-order valence-electron chi connectivity index (χ3n) is 3.59. The van der Waals surface area contributed by atoms with Gasteiger partial charge in [-0.15, -0.1) is 0 Å². The number of hydrogen-bond acceptors (Lipinski definition) is 6. The Balaban J connectivity index is 2.10. The van der Waals surface area contributed by atoms with Crippen LogP contribution in [0.3, 0.4) is 0 Å². The van der Waals surface area contributed by atoms with Crippen molar-refractivity contribution >= 4 is 11.6 Å². The molecule has 0 aliphatic carbocycles. The molecule has 2 rings (SSSR count). The summed E-state index contributed by atoms with van der Waals surface area (Å²) in [4.78, 5) is 13.8. The van der Waals surface area contributed by atoms with Gasteiger partial charge in [0.15, 0.2) is 5.82 Å². The Morgan fingerprint density at radius 2 is 1.95 bits per heavy atom. The van der Waals surface area contributed by atoms with Crippen molar-refractivity contribution in [3.8, 4) is 0 Å². The van der Waals surface area contributed by atoms with E-state index in [1.54, 1.807) is 0 Å². The summed E-state index contributed by atoms with van der Waals surface area (Å²) in [6.45, 7) is 10.7. The minimum absolute atomic E-state index is 0.466. The van der Waals surface area contributed by atoms with E-state index in [0.717, 1.165) is 50.2 Å². The van der Waals surface area contributed by atoms with Gasteiger partial charge < -0.3 is 19.9 Å². The lowest BCUT2D eigenvalue weighted by molar-refractivity contribution is 0.128. The average molecular weight is 279 g/mol. The molecular formula is C14H25N5O. The molecule has 6 nitrogen and oxygen atoms in total. The third-order valence-corrected chi connectivity index (χ3v) is 3.59. The van der Waals surface area contributed by atoms with Crippen LogP contribution in [0.1, 0.15) is 19.7 Å². The van der Waals surface area contributed by atoms with Crippen molar-refractivity contribution in [2.75, 3.05) is 56.6 Å². The van der Waals surface area contributed by atoms with Gasteiger partial charge in [0, 0.05) is 45.9 Å². The number of anilines is 2. The molecule has 0 spiro atoms. The SMILES string of the molecule is CCOCc1nc(NC)cc(N2CCN(CC)CC2)n1. The third kappa shape index (κ3) is 3.80. The van der Waals surface area contributed by atoms with E-state index >= 15 is 0 Å². The van der Waals surface area contributed by atoms with Crippen molar-refractivity contribution in [1.29, 1.82) is 0 Å². The smallest absolute Gasteiger partial charge is 0.158 e. The van der Waals surface area contributed by atoms with Gasteiger partial charge in [0.2, 0.25) is 0 Å². The van der Waals surface area contributed by atoms with E-state index in [-0.39, 0.29) is 0 Å². The number of nitrogens with zero attached hydrogens (tertiary/aromatic N) is 4. The molecule has 0 radical (unpaired) electrons. The van der Waals surface area contributed by atoms with E-state index in [9.17, 15) is 0 Å². The Bertz CT molecular complexity index is 418. The Kier molecular flexibility index (Phi) is 5.55. The van der Waals surface area contributed by atoms with E-state index in [4.69, 9.17) is 4.74 Å². The molecule has 0 aromatic carbocycles. The molecule has 0 amide bonds. The number of ether oxygens (including phenoxy) is 1. The summed E-state index contributed by atoms with van der Waals surface area (Å²) in [5, 5.41) is 3.10. The number of piperazine rings is 1. The minimum Gasteiger partial charge on any atom is -0.374 e. The zero-order chi connectivity index (χ0) is 14.4. The Morgan fingerprint density at radius 3 is 2.55 bits per heavy atom. The standard InChI is InChI=1S/C14H25N5O/c1-4-18-6-8-19(9-7-18)14-10-12(15-3)16-13(17-14)11-20-5-2/h10H,4-9,11H2,1-3H3,(H,15,16,17). The lowest BCUT2D eigenvalue weighted by Crippen LogP contribution is -2.46. The zero-order valence-corrected chi connectivity index (χ0v) is 12.7. The van der Waals surface area contributed by atoms with E-state index in [0.29, 0.717) is 13.2 Å². The second kappa shape index (κ2) is 7.40. The van der Waals surface area contributed by atoms with Gasteiger partial charge in [-0.3, -0.25) is 0 Å². The van der Waals surface area contributed by atoms with Gasteiger partial charge in [0.25, 0.3) is 0 Å². The molecule has 1 aliphatic rings. The second-order valence-electron chi connectivity index (χ2n) is 4.84. The maximum atomic E-state index is 5.42. The fraction of sp³-hybridized carbons (Fsp3) is 0.714. The quantitative estimate of drug-likeness (QED) is 0.844. The van der Waals surface area contributed by atoms with Crippen molar-refractivity contribution < 1.29 is 4.74 Å². The number of rotatable bonds is 6. The van der Waals surface area contributed by atoms with Gasteiger partial charge in [0.05, 0.1) is 0 Å². The summed E-state index contributed by atoms with van der Waals surface area (Å²) < 4.78 is 5.42. The number of nitrogens with one attached hydrogen (secondary N) is 1. The first-order chi connectivity index (χ1) is 9.76. The lowest BCUT2D eigenvalue weighted by atomic mass is 10.3. The van der Waals surface area contributed by atoms with Crippen molar-refractivity contribution in [2.45, 2.75) is 20.5 Å². The summed E-state index contributed by atoms with van der Waals surface area (Å²) in [6.07, 6.45) is 0. The number of aromatic nitrogens is 2. The first-order valence-electron chi connectivity index (χ1n) is 7.37. The summed E-state index contributed by atoms with van der Waals surface area (Å²) in [7, 11) is 1.88. The lowest BCUT2D eigenvalue weighted by Gasteiger charge is -2.34. The normalized spacial score (nSPS) is 16.4. The highest BCUT2D eigenvalue weighted by atomic mass is 16.5. The highest BCUT2D eigenvalue weighted by Gasteiger charge is 2.18. The maximum absolute atomic E-state index is 5.42. The molecule has 1 saturated heterocycles. The van der Waals surface area contributed by atoms with Crippen LogP contribution in [0.2, 0.25) is 0 Å². The van der Waals surface area contributed by atoms with Crippen molar-refractivity contribution in [3.05, 3.63) is 11.9 Å². The van der Waals surface area contributed by atoms with E-state index < -0.39 is 0 Å². The monoisotopic (exact) mass is 279 g/mol. The highest BCUT2D eigenvalue weighted by molar-refractivity contribution is 5.49. The van der Waals surface area contributed by atoms with Crippen LogP contribution < -0.4 is 10.2 Å². The van der Waals surface area contributed by atoms with Crippen LogP contribution in [0.25, 0.3) is 0 Å². The molecule has 0 saturated carbocycles. The molecule has 1 N–H and O–H groups in total. The molecular weight excluding hydrogens is 254 g/mol. The summed E-state index contributed by atoms with van der Waals surface area (Å²) in [5.74, 6) is 2.59. The van der Waals surface area contributed by atoms with Gasteiger partial charge in [-0.25, -0.2) is 9.97 Å². The van der Waals surface area contributed by atoms with Gasteiger partial charge in [-0.1, -0.05) is 6.92 Å². The number of likely N-dealkylation sites (N-methyl/N-ethyl adjacent to an activating group) is 1. The summed E-state index contributed by atoms with van der Waals surface area (Å²) in [5.41, 5.74) is 0. The van der Waals surface area contributed by atoms with Crippen LogP contribution >= 0.6 is 0 Å². The molecule has 0 bridgehead atoms. The van der Waals surface area contributed by atoms with Crippen LogP contribution in [0.15, 0.2) is 6.07 Å². The predicted octanol–water partition coefficient (Wildman–Crippen LogP) is 1.20. The molecule has 0 atom stereocenters. The van der Waals surface area contributed by atoms with Gasteiger partial charge in [0.1, 0.15) is 18.2 Å². The Labute approximate surface area is 121 Å². The van der Waals surface area contributed by atoms with Gasteiger partial charge in [-0.05, 0) is 13.5 Å². The van der Waals surface area contributed by atoms with Crippen LogP contribution in [0.5, 0.6) is 0 Å². The van der Waals surface area contributed by atoms with Crippen LogP contribution in [-0.4, -0.2) is 61.2 Å². The minimum atomic E-state index is 0.466. The van der Waals surface area contributed by atoms with E-state index in [1.807, 2.05) is 20.0 Å². The molecule has 6 heteroatoms. The van der Waals surface area contributed by atoms with E-state index in [1.165, 1.54) is 0 Å².